The zero-order chi connectivity index (χ0) is 15.4. The van der Waals surface area contributed by atoms with Crippen LogP contribution in [0.25, 0.3) is 0 Å². The van der Waals surface area contributed by atoms with Crippen LogP contribution >= 0.6 is 23.2 Å². The summed E-state index contributed by atoms with van der Waals surface area (Å²) in [6.45, 7) is 1.77. The summed E-state index contributed by atoms with van der Waals surface area (Å²) in [5.41, 5.74) is 4.66. The maximum absolute atomic E-state index is 11.1. The SMILES string of the molecule is C/C(=N\Nc1ccccc1C(=O)O)c1ccc(Cl)cc1Cl. The van der Waals surface area contributed by atoms with Crippen molar-refractivity contribution in [3.63, 3.8) is 0 Å². The van der Waals surface area contributed by atoms with Crippen molar-refractivity contribution in [1.29, 1.82) is 0 Å². The molecule has 0 saturated carbocycles. The number of halogens is 2. The highest BCUT2D eigenvalue weighted by Crippen LogP contribution is 2.22. The maximum Gasteiger partial charge on any atom is 0.337 e. The van der Waals surface area contributed by atoms with Crippen LogP contribution in [0, 0.1) is 0 Å². The Kier molecular flexibility index (Phi) is 4.83. The monoisotopic (exact) mass is 322 g/mol. The van der Waals surface area contributed by atoms with E-state index in [0.717, 1.165) is 5.56 Å². The quantitative estimate of drug-likeness (QED) is 0.642. The van der Waals surface area contributed by atoms with Crippen LogP contribution < -0.4 is 5.43 Å². The van der Waals surface area contributed by atoms with E-state index < -0.39 is 5.97 Å². The minimum absolute atomic E-state index is 0.149. The third-order valence-corrected chi connectivity index (χ3v) is 3.37. The Balaban J connectivity index is 2.27. The topological polar surface area (TPSA) is 61.7 Å². The van der Waals surface area contributed by atoms with Gasteiger partial charge in [0.15, 0.2) is 0 Å². The summed E-state index contributed by atoms with van der Waals surface area (Å²) in [5.74, 6) is -1.02. The lowest BCUT2D eigenvalue weighted by molar-refractivity contribution is 0.0698. The first kappa shape index (κ1) is 15.4. The van der Waals surface area contributed by atoms with Gasteiger partial charge in [-0.1, -0.05) is 41.4 Å². The first-order chi connectivity index (χ1) is 9.99. The highest BCUT2D eigenvalue weighted by atomic mass is 35.5. The van der Waals surface area contributed by atoms with E-state index in [-0.39, 0.29) is 5.56 Å². The smallest absolute Gasteiger partial charge is 0.337 e. The van der Waals surface area contributed by atoms with Crippen molar-refractivity contribution in [2.45, 2.75) is 6.92 Å². The Morgan fingerprint density at radius 2 is 1.86 bits per heavy atom. The van der Waals surface area contributed by atoms with Crippen molar-refractivity contribution in [2.24, 2.45) is 5.10 Å². The number of aromatic carboxylic acids is 1. The summed E-state index contributed by atoms with van der Waals surface area (Å²) in [6.07, 6.45) is 0. The molecule has 2 N–H and O–H groups in total. The Labute approximate surface area is 132 Å². The molecule has 2 aromatic rings. The number of benzene rings is 2. The number of rotatable bonds is 4. The van der Waals surface area contributed by atoms with Gasteiger partial charge in [0.05, 0.1) is 22.0 Å². The Morgan fingerprint density at radius 1 is 1.14 bits per heavy atom. The van der Waals surface area contributed by atoms with Crippen molar-refractivity contribution in [1.82, 2.24) is 0 Å². The van der Waals surface area contributed by atoms with Gasteiger partial charge in [-0.25, -0.2) is 4.79 Å². The second-order valence-corrected chi connectivity index (χ2v) is 5.13. The molecule has 0 atom stereocenters. The third-order valence-electron chi connectivity index (χ3n) is 2.82. The largest absolute Gasteiger partial charge is 0.478 e. The molecule has 0 aliphatic heterocycles. The summed E-state index contributed by atoms with van der Waals surface area (Å²) in [7, 11) is 0. The van der Waals surface area contributed by atoms with Crippen molar-refractivity contribution >= 4 is 40.6 Å². The number of hydrogen-bond acceptors (Lipinski definition) is 3. The van der Waals surface area contributed by atoms with Gasteiger partial charge in [0.1, 0.15) is 0 Å². The molecule has 108 valence electrons. The average Bonchev–Trinajstić information content (AvgIpc) is 2.45. The molecule has 2 rings (SSSR count). The van der Waals surface area contributed by atoms with Crippen LogP contribution in [0.3, 0.4) is 0 Å². The highest BCUT2D eigenvalue weighted by molar-refractivity contribution is 6.37. The fourth-order valence-electron chi connectivity index (χ4n) is 1.75. The molecule has 0 spiro atoms. The van der Waals surface area contributed by atoms with Gasteiger partial charge in [-0.05, 0) is 31.2 Å². The van der Waals surface area contributed by atoms with Crippen LogP contribution in [0.4, 0.5) is 5.69 Å². The van der Waals surface area contributed by atoms with E-state index in [1.807, 2.05) is 0 Å². The van der Waals surface area contributed by atoms with E-state index in [1.165, 1.54) is 6.07 Å². The van der Waals surface area contributed by atoms with Crippen LogP contribution in [0.5, 0.6) is 0 Å². The average molecular weight is 323 g/mol. The zero-order valence-electron chi connectivity index (χ0n) is 11.1. The highest BCUT2D eigenvalue weighted by Gasteiger charge is 2.09. The number of anilines is 1. The molecule has 0 unspecified atom stereocenters. The first-order valence-electron chi connectivity index (χ1n) is 6.07. The third kappa shape index (κ3) is 3.74. The minimum atomic E-state index is -1.02. The van der Waals surface area contributed by atoms with Crippen LogP contribution in [0.15, 0.2) is 47.6 Å². The number of nitrogens with zero attached hydrogens (tertiary/aromatic N) is 1. The van der Waals surface area contributed by atoms with Gasteiger partial charge in [0, 0.05) is 10.6 Å². The normalized spacial score (nSPS) is 11.3. The van der Waals surface area contributed by atoms with Crippen molar-refractivity contribution < 1.29 is 9.90 Å². The van der Waals surface area contributed by atoms with Crippen molar-refractivity contribution in [2.75, 3.05) is 5.43 Å². The molecular formula is C15H12Cl2N2O2. The molecule has 0 aliphatic rings. The molecule has 0 bridgehead atoms. The lowest BCUT2D eigenvalue weighted by atomic mass is 10.1. The van der Waals surface area contributed by atoms with Crippen molar-refractivity contribution in [3.05, 3.63) is 63.6 Å². The molecule has 21 heavy (non-hydrogen) atoms. The van der Waals surface area contributed by atoms with Gasteiger partial charge in [-0.2, -0.15) is 5.10 Å². The van der Waals surface area contributed by atoms with Crippen LogP contribution in [0.2, 0.25) is 10.0 Å². The van der Waals surface area contributed by atoms with E-state index >= 15 is 0 Å². The molecule has 0 aliphatic carbocycles. The predicted molar refractivity (Wildman–Crippen MR) is 85.7 cm³/mol. The second kappa shape index (κ2) is 6.61. The minimum Gasteiger partial charge on any atom is -0.478 e. The molecule has 0 radical (unpaired) electrons. The number of carboxylic acid groups (broad SMARTS) is 1. The molecule has 0 heterocycles. The summed E-state index contributed by atoms with van der Waals surface area (Å²) in [6, 6.07) is 11.6. The molecule has 4 nitrogen and oxygen atoms in total. The summed E-state index contributed by atoms with van der Waals surface area (Å²) in [4.78, 5) is 11.1. The first-order valence-corrected chi connectivity index (χ1v) is 6.82. The maximum atomic E-state index is 11.1. The number of carboxylic acids is 1. The number of hydrogen-bond donors (Lipinski definition) is 2. The predicted octanol–water partition coefficient (Wildman–Crippen LogP) is 4.53. The second-order valence-electron chi connectivity index (χ2n) is 4.28. The summed E-state index contributed by atoms with van der Waals surface area (Å²) >= 11 is 11.9. The van der Waals surface area contributed by atoms with Gasteiger partial charge >= 0.3 is 5.97 Å². The summed E-state index contributed by atoms with van der Waals surface area (Å²) < 4.78 is 0. The molecule has 6 heteroatoms. The van der Waals surface area contributed by atoms with E-state index in [4.69, 9.17) is 28.3 Å². The fraction of sp³-hybridized carbons (Fsp3) is 0.0667. The summed E-state index contributed by atoms with van der Waals surface area (Å²) in [5, 5.41) is 14.3. The van der Waals surface area contributed by atoms with E-state index in [0.29, 0.717) is 21.4 Å². The van der Waals surface area contributed by atoms with E-state index in [2.05, 4.69) is 10.5 Å². The van der Waals surface area contributed by atoms with E-state index in [9.17, 15) is 4.79 Å². The molecule has 2 aromatic carbocycles. The van der Waals surface area contributed by atoms with Crippen molar-refractivity contribution in [3.8, 4) is 0 Å². The van der Waals surface area contributed by atoms with Crippen LogP contribution in [0.1, 0.15) is 22.8 Å². The Hall–Kier alpha value is -2.04. The van der Waals surface area contributed by atoms with Gasteiger partial charge in [0.2, 0.25) is 0 Å². The number of para-hydroxylation sites is 1. The lowest BCUT2D eigenvalue weighted by Gasteiger charge is -2.07. The standard InChI is InChI=1S/C15H12Cl2N2O2/c1-9(11-7-6-10(16)8-13(11)17)18-19-14-5-3-2-4-12(14)15(20)21/h2-8,19H,1H3,(H,20,21)/b18-9+. The fourth-order valence-corrected chi connectivity index (χ4v) is 2.30. The van der Waals surface area contributed by atoms with Gasteiger partial charge in [0.25, 0.3) is 0 Å². The van der Waals surface area contributed by atoms with Gasteiger partial charge in [-0.15, -0.1) is 0 Å². The Morgan fingerprint density at radius 3 is 2.52 bits per heavy atom. The lowest BCUT2D eigenvalue weighted by Crippen LogP contribution is -2.05. The van der Waals surface area contributed by atoms with E-state index in [1.54, 1.807) is 43.3 Å². The Bertz CT molecular complexity index is 715. The van der Waals surface area contributed by atoms with Gasteiger partial charge < -0.3 is 5.11 Å². The van der Waals surface area contributed by atoms with Gasteiger partial charge in [-0.3, -0.25) is 5.43 Å². The molecular weight excluding hydrogens is 311 g/mol. The zero-order valence-corrected chi connectivity index (χ0v) is 12.6. The molecule has 0 saturated heterocycles. The number of nitrogens with one attached hydrogen (secondary N) is 1. The molecule has 0 fully saturated rings. The molecule has 0 amide bonds. The molecule has 0 aromatic heterocycles. The number of carbonyl (C=O) groups is 1. The van der Waals surface area contributed by atoms with Crippen LogP contribution in [-0.2, 0) is 0 Å². The number of hydrazone groups is 1. The van der Waals surface area contributed by atoms with Crippen LogP contribution in [-0.4, -0.2) is 16.8 Å².